The first-order valence-electron chi connectivity index (χ1n) is 4.71. The molecule has 72 valence electrons. The summed E-state index contributed by atoms with van der Waals surface area (Å²) in [5.74, 6) is 1.07. The predicted octanol–water partition coefficient (Wildman–Crippen LogP) is 2.00. The Labute approximate surface area is 78.7 Å². The van der Waals surface area contributed by atoms with E-state index in [1.165, 1.54) is 0 Å². The average molecular weight is 180 g/mol. The van der Waals surface area contributed by atoms with Crippen LogP contribution in [0.15, 0.2) is 12.4 Å². The van der Waals surface area contributed by atoms with E-state index in [2.05, 4.69) is 30.3 Å². The first-order valence-corrected chi connectivity index (χ1v) is 4.71. The van der Waals surface area contributed by atoms with Gasteiger partial charge in [-0.15, -0.1) is 0 Å². The van der Waals surface area contributed by atoms with Gasteiger partial charge < -0.3 is 9.30 Å². The second-order valence-electron chi connectivity index (χ2n) is 4.60. The van der Waals surface area contributed by atoms with E-state index >= 15 is 0 Å². The Morgan fingerprint density at radius 1 is 1.54 bits per heavy atom. The molecular weight excluding hydrogens is 164 g/mol. The van der Waals surface area contributed by atoms with E-state index in [1.807, 2.05) is 12.4 Å². The summed E-state index contributed by atoms with van der Waals surface area (Å²) in [6.07, 6.45) is 4.01. The number of hydrogen-bond acceptors (Lipinski definition) is 2. The molecule has 13 heavy (non-hydrogen) atoms. The number of hydrogen-bond donors (Lipinski definition) is 0. The lowest BCUT2D eigenvalue weighted by molar-refractivity contribution is -0.0484. The maximum absolute atomic E-state index is 5.74. The molecule has 2 rings (SSSR count). The second-order valence-corrected chi connectivity index (χ2v) is 4.60. The van der Waals surface area contributed by atoms with Crippen molar-refractivity contribution in [3.63, 3.8) is 0 Å². The summed E-state index contributed by atoms with van der Waals surface area (Å²) in [5, 5.41) is 0. The smallest absolute Gasteiger partial charge is 0.138 e. The highest BCUT2D eigenvalue weighted by atomic mass is 16.5. The highest BCUT2D eigenvalue weighted by Crippen LogP contribution is 2.36. The summed E-state index contributed by atoms with van der Waals surface area (Å²) in [7, 11) is 0. The minimum absolute atomic E-state index is 0.128. The average Bonchev–Trinajstić information content (AvgIpc) is 2.48. The number of ether oxygens (including phenoxy) is 1. The van der Waals surface area contributed by atoms with Gasteiger partial charge in [0.05, 0.1) is 6.61 Å². The molecule has 1 aromatic heterocycles. The minimum Gasteiger partial charge on any atom is -0.368 e. The Morgan fingerprint density at radius 2 is 2.31 bits per heavy atom. The summed E-state index contributed by atoms with van der Waals surface area (Å²) >= 11 is 0. The van der Waals surface area contributed by atoms with Crippen LogP contribution in [0.25, 0.3) is 0 Å². The zero-order chi connectivity index (χ0) is 9.47. The van der Waals surface area contributed by atoms with Crippen LogP contribution < -0.4 is 0 Å². The first-order chi connectivity index (χ1) is 6.09. The second kappa shape index (κ2) is 2.84. The quantitative estimate of drug-likeness (QED) is 0.610. The molecule has 0 spiro atoms. The zero-order valence-corrected chi connectivity index (χ0v) is 8.45. The lowest BCUT2D eigenvalue weighted by Gasteiger charge is -2.33. The third-order valence-electron chi connectivity index (χ3n) is 2.39. The third kappa shape index (κ3) is 1.48. The van der Waals surface area contributed by atoms with Crippen molar-refractivity contribution in [1.29, 1.82) is 0 Å². The van der Waals surface area contributed by atoms with Gasteiger partial charge in [0.1, 0.15) is 11.9 Å². The SMILES string of the molecule is CC(C)(C)C1OCCn2ccnc21. The molecule has 1 aliphatic heterocycles. The lowest BCUT2D eigenvalue weighted by atomic mass is 9.88. The van der Waals surface area contributed by atoms with Gasteiger partial charge in [-0.25, -0.2) is 4.98 Å². The van der Waals surface area contributed by atoms with Crippen LogP contribution in [0, 0.1) is 5.41 Å². The summed E-state index contributed by atoms with van der Waals surface area (Å²) in [4.78, 5) is 4.34. The van der Waals surface area contributed by atoms with Crippen LogP contribution in [0.2, 0.25) is 0 Å². The Balaban J connectivity index is 2.35. The van der Waals surface area contributed by atoms with Gasteiger partial charge >= 0.3 is 0 Å². The van der Waals surface area contributed by atoms with E-state index in [0.29, 0.717) is 0 Å². The molecule has 0 aromatic carbocycles. The van der Waals surface area contributed by atoms with Crippen molar-refractivity contribution in [3.8, 4) is 0 Å². The number of nitrogens with zero attached hydrogens (tertiary/aromatic N) is 2. The van der Waals surface area contributed by atoms with Crippen LogP contribution in [-0.4, -0.2) is 16.2 Å². The molecule has 0 fully saturated rings. The fourth-order valence-electron chi connectivity index (χ4n) is 1.73. The van der Waals surface area contributed by atoms with Crippen molar-refractivity contribution in [2.75, 3.05) is 6.61 Å². The van der Waals surface area contributed by atoms with E-state index in [9.17, 15) is 0 Å². The standard InChI is InChI=1S/C10H16N2O/c1-10(2,3)8-9-11-4-5-12(9)6-7-13-8/h4-5,8H,6-7H2,1-3H3. The predicted molar refractivity (Wildman–Crippen MR) is 50.4 cm³/mol. The minimum atomic E-state index is 0.128. The summed E-state index contributed by atoms with van der Waals surface area (Å²) < 4.78 is 7.92. The highest BCUT2D eigenvalue weighted by Gasteiger charge is 2.32. The van der Waals surface area contributed by atoms with Gasteiger partial charge in [-0.1, -0.05) is 20.8 Å². The van der Waals surface area contributed by atoms with Crippen molar-refractivity contribution < 1.29 is 4.74 Å². The van der Waals surface area contributed by atoms with Gasteiger partial charge in [0, 0.05) is 18.9 Å². The third-order valence-corrected chi connectivity index (χ3v) is 2.39. The fourth-order valence-corrected chi connectivity index (χ4v) is 1.73. The van der Waals surface area contributed by atoms with Crippen molar-refractivity contribution in [3.05, 3.63) is 18.2 Å². The van der Waals surface area contributed by atoms with Crippen molar-refractivity contribution in [2.45, 2.75) is 33.4 Å². The van der Waals surface area contributed by atoms with Crippen LogP contribution in [0.3, 0.4) is 0 Å². The van der Waals surface area contributed by atoms with Gasteiger partial charge in [0.25, 0.3) is 0 Å². The maximum Gasteiger partial charge on any atom is 0.138 e. The van der Waals surface area contributed by atoms with Crippen LogP contribution in [0.4, 0.5) is 0 Å². The fraction of sp³-hybridized carbons (Fsp3) is 0.700. The van der Waals surface area contributed by atoms with Gasteiger partial charge in [0.2, 0.25) is 0 Å². The Hall–Kier alpha value is -0.830. The maximum atomic E-state index is 5.74. The molecule has 2 heterocycles. The van der Waals surface area contributed by atoms with Crippen LogP contribution in [0.1, 0.15) is 32.7 Å². The zero-order valence-electron chi connectivity index (χ0n) is 8.45. The molecule has 1 aromatic rings. The molecule has 1 unspecified atom stereocenters. The molecule has 0 N–H and O–H groups in total. The topological polar surface area (TPSA) is 27.1 Å². The lowest BCUT2D eigenvalue weighted by Crippen LogP contribution is -2.30. The van der Waals surface area contributed by atoms with E-state index < -0.39 is 0 Å². The Kier molecular flexibility index (Phi) is 1.91. The molecule has 0 radical (unpaired) electrons. The normalized spacial score (nSPS) is 22.8. The highest BCUT2D eigenvalue weighted by molar-refractivity contribution is 5.02. The van der Waals surface area contributed by atoms with Crippen LogP contribution in [0.5, 0.6) is 0 Å². The van der Waals surface area contributed by atoms with Gasteiger partial charge in [-0.2, -0.15) is 0 Å². The molecule has 0 saturated heterocycles. The van der Waals surface area contributed by atoms with Gasteiger partial charge in [-0.3, -0.25) is 0 Å². The Morgan fingerprint density at radius 3 is 3.00 bits per heavy atom. The van der Waals surface area contributed by atoms with Crippen molar-refractivity contribution in [2.24, 2.45) is 5.41 Å². The summed E-state index contributed by atoms with van der Waals surface area (Å²) in [6.45, 7) is 8.28. The first kappa shape index (κ1) is 8.75. The van der Waals surface area contributed by atoms with Gasteiger partial charge in [-0.05, 0) is 5.41 Å². The Bertz CT molecular complexity index is 298. The van der Waals surface area contributed by atoms with E-state index in [4.69, 9.17) is 4.74 Å². The molecule has 0 amide bonds. The van der Waals surface area contributed by atoms with Gasteiger partial charge in [0.15, 0.2) is 0 Å². The number of imidazole rings is 1. The molecule has 1 aliphatic rings. The van der Waals surface area contributed by atoms with Crippen LogP contribution >= 0.6 is 0 Å². The van der Waals surface area contributed by atoms with E-state index in [0.717, 1.165) is 19.0 Å². The number of aromatic nitrogens is 2. The molecule has 3 heteroatoms. The molecular formula is C10H16N2O. The number of rotatable bonds is 0. The monoisotopic (exact) mass is 180 g/mol. The molecule has 0 saturated carbocycles. The molecule has 0 bridgehead atoms. The summed E-state index contributed by atoms with van der Waals surface area (Å²) in [6, 6.07) is 0. The molecule has 0 aliphatic carbocycles. The van der Waals surface area contributed by atoms with Crippen molar-refractivity contribution >= 4 is 0 Å². The number of fused-ring (bicyclic) bond motifs is 1. The molecule has 3 nitrogen and oxygen atoms in total. The largest absolute Gasteiger partial charge is 0.368 e. The van der Waals surface area contributed by atoms with E-state index in [1.54, 1.807) is 0 Å². The summed E-state index contributed by atoms with van der Waals surface area (Å²) in [5.41, 5.74) is 0.128. The van der Waals surface area contributed by atoms with Crippen LogP contribution in [-0.2, 0) is 11.3 Å². The van der Waals surface area contributed by atoms with E-state index in [-0.39, 0.29) is 11.5 Å². The van der Waals surface area contributed by atoms with Crippen molar-refractivity contribution in [1.82, 2.24) is 9.55 Å². The molecule has 1 atom stereocenters.